The number of hydrogen-bond donors (Lipinski definition) is 1. The van der Waals surface area contributed by atoms with Crippen molar-refractivity contribution in [3.05, 3.63) is 11.1 Å². The van der Waals surface area contributed by atoms with Crippen molar-refractivity contribution in [1.29, 1.82) is 0 Å². The molecule has 0 spiro atoms. The molecule has 0 aromatic carbocycles. The van der Waals surface area contributed by atoms with Crippen LogP contribution in [0.15, 0.2) is 11.1 Å². The molecule has 3 unspecified atom stereocenters. The molecule has 2 saturated carbocycles. The normalized spacial score (nSPS) is 55.7. The van der Waals surface area contributed by atoms with E-state index in [1.165, 1.54) is 19.3 Å². The van der Waals surface area contributed by atoms with E-state index in [-0.39, 0.29) is 11.5 Å². The smallest absolute Gasteiger partial charge is 0.0597 e. The first-order chi connectivity index (χ1) is 7.38. The molecule has 2 fully saturated rings. The largest absolute Gasteiger partial charge is 0.393 e. The molecule has 0 aromatic rings. The van der Waals surface area contributed by atoms with Crippen molar-refractivity contribution >= 4 is 0 Å². The van der Waals surface area contributed by atoms with Gasteiger partial charge in [0.2, 0.25) is 0 Å². The first-order valence-electron chi connectivity index (χ1n) is 6.73. The van der Waals surface area contributed by atoms with E-state index >= 15 is 0 Å². The lowest BCUT2D eigenvalue weighted by atomic mass is 9.72. The Balaban J connectivity index is 2.01. The molecule has 1 nitrogen and oxygen atoms in total. The number of fused-ring (bicyclic) bond motifs is 3. The van der Waals surface area contributed by atoms with Gasteiger partial charge in [-0.05, 0) is 62.2 Å². The van der Waals surface area contributed by atoms with E-state index in [4.69, 9.17) is 0 Å². The molecule has 90 valence electrons. The minimum atomic E-state index is -0.0481. The van der Waals surface area contributed by atoms with Crippen molar-refractivity contribution < 1.29 is 5.11 Å². The Morgan fingerprint density at radius 3 is 2.62 bits per heavy atom. The summed E-state index contributed by atoms with van der Waals surface area (Å²) >= 11 is 0. The van der Waals surface area contributed by atoms with E-state index in [1.54, 1.807) is 11.1 Å². The van der Waals surface area contributed by atoms with Gasteiger partial charge in [-0.2, -0.15) is 0 Å². The van der Waals surface area contributed by atoms with Gasteiger partial charge in [0.15, 0.2) is 0 Å². The van der Waals surface area contributed by atoms with Gasteiger partial charge in [-0.15, -0.1) is 0 Å². The Bertz CT molecular complexity index is 370. The lowest BCUT2D eigenvalue weighted by Gasteiger charge is -2.32. The molecule has 1 heteroatoms. The molecule has 0 amide bonds. The van der Waals surface area contributed by atoms with Gasteiger partial charge in [-0.1, -0.05) is 25.0 Å². The molecule has 16 heavy (non-hydrogen) atoms. The second-order valence-electron chi connectivity index (χ2n) is 7.14. The van der Waals surface area contributed by atoms with E-state index < -0.39 is 0 Å². The van der Waals surface area contributed by atoms with E-state index in [1.807, 2.05) is 0 Å². The molecule has 3 rings (SSSR count). The van der Waals surface area contributed by atoms with Gasteiger partial charge in [-0.25, -0.2) is 0 Å². The summed E-state index contributed by atoms with van der Waals surface area (Å²) in [4.78, 5) is 0. The first-order valence-corrected chi connectivity index (χ1v) is 6.73. The van der Waals surface area contributed by atoms with Crippen LogP contribution in [-0.4, -0.2) is 11.2 Å². The van der Waals surface area contributed by atoms with Gasteiger partial charge in [0, 0.05) is 0 Å². The van der Waals surface area contributed by atoms with E-state index in [2.05, 4.69) is 27.7 Å². The first kappa shape index (κ1) is 10.8. The average Bonchev–Trinajstić information content (AvgIpc) is 2.82. The van der Waals surface area contributed by atoms with Crippen LogP contribution in [0.1, 0.15) is 53.4 Å². The fourth-order valence-electron chi connectivity index (χ4n) is 4.77. The second kappa shape index (κ2) is 2.93. The summed E-state index contributed by atoms with van der Waals surface area (Å²) in [6.07, 6.45) is 4.69. The highest BCUT2D eigenvalue weighted by molar-refractivity contribution is 5.30. The van der Waals surface area contributed by atoms with Gasteiger partial charge < -0.3 is 5.11 Å². The van der Waals surface area contributed by atoms with Gasteiger partial charge >= 0.3 is 0 Å². The summed E-state index contributed by atoms with van der Waals surface area (Å²) in [6, 6.07) is 0. The van der Waals surface area contributed by atoms with Crippen LogP contribution < -0.4 is 0 Å². The summed E-state index contributed by atoms with van der Waals surface area (Å²) in [6.45, 7) is 9.40. The van der Waals surface area contributed by atoms with Crippen molar-refractivity contribution in [3.63, 3.8) is 0 Å². The lowest BCUT2D eigenvalue weighted by Crippen LogP contribution is -2.25. The van der Waals surface area contributed by atoms with Crippen LogP contribution in [0.5, 0.6) is 0 Å². The molecule has 3 aliphatic rings. The van der Waals surface area contributed by atoms with Gasteiger partial charge in [0.25, 0.3) is 0 Å². The summed E-state index contributed by atoms with van der Waals surface area (Å²) < 4.78 is 0. The third-order valence-electron chi connectivity index (χ3n) is 6.06. The van der Waals surface area contributed by atoms with Crippen molar-refractivity contribution in [1.82, 2.24) is 0 Å². The van der Waals surface area contributed by atoms with Crippen molar-refractivity contribution in [2.45, 2.75) is 59.5 Å². The highest BCUT2D eigenvalue weighted by Crippen LogP contribution is 2.70. The maximum Gasteiger partial charge on any atom is 0.0597 e. The van der Waals surface area contributed by atoms with Gasteiger partial charge in [-0.3, -0.25) is 0 Å². The second-order valence-corrected chi connectivity index (χ2v) is 7.14. The predicted octanol–water partition coefficient (Wildman–Crippen LogP) is 3.53. The molecule has 0 radical (unpaired) electrons. The molecule has 5 atom stereocenters. The van der Waals surface area contributed by atoms with E-state index in [9.17, 15) is 5.11 Å². The van der Waals surface area contributed by atoms with Gasteiger partial charge in [0.05, 0.1) is 6.10 Å². The molecule has 0 heterocycles. The quantitative estimate of drug-likeness (QED) is 0.619. The Labute approximate surface area is 98.9 Å². The van der Waals surface area contributed by atoms with Crippen LogP contribution in [0.2, 0.25) is 0 Å². The third-order valence-corrected chi connectivity index (χ3v) is 6.06. The minimum Gasteiger partial charge on any atom is -0.393 e. The maximum absolute atomic E-state index is 10.3. The number of allylic oxidation sites excluding steroid dienone is 2. The summed E-state index contributed by atoms with van der Waals surface area (Å²) in [5.41, 5.74) is 3.96. The molecular formula is C15H24O. The summed E-state index contributed by atoms with van der Waals surface area (Å²) in [5.74, 6) is 1.52. The van der Waals surface area contributed by atoms with Crippen LogP contribution in [-0.2, 0) is 0 Å². The van der Waals surface area contributed by atoms with Crippen LogP contribution in [0.3, 0.4) is 0 Å². The number of aliphatic hydroxyl groups is 1. The Hall–Kier alpha value is -0.300. The zero-order valence-electron chi connectivity index (χ0n) is 11.0. The number of aliphatic hydroxyl groups excluding tert-OH is 1. The fourth-order valence-corrected chi connectivity index (χ4v) is 4.77. The zero-order chi connectivity index (χ0) is 11.7. The lowest BCUT2D eigenvalue weighted by molar-refractivity contribution is 0.0867. The van der Waals surface area contributed by atoms with Crippen LogP contribution >= 0.6 is 0 Å². The highest BCUT2D eigenvalue weighted by Gasteiger charge is 2.64. The average molecular weight is 220 g/mol. The van der Waals surface area contributed by atoms with Crippen LogP contribution in [0.4, 0.5) is 0 Å². The Kier molecular flexibility index (Phi) is 1.98. The van der Waals surface area contributed by atoms with E-state index in [0.29, 0.717) is 5.41 Å². The molecule has 0 aromatic heterocycles. The van der Waals surface area contributed by atoms with Crippen LogP contribution in [0, 0.1) is 22.7 Å². The Morgan fingerprint density at radius 2 is 1.94 bits per heavy atom. The fraction of sp³-hybridized carbons (Fsp3) is 0.867. The molecule has 0 bridgehead atoms. The number of hydrogen-bond acceptors (Lipinski definition) is 1. The molecule has 1 N–H and O–H groups in total. The van der Waals surface area contributed by atoms with E-state index in [0.717, 1.165) is 18.3 Å². The van der Waals surface area contributed by atoms with Crippen molar-refractivity contribution in [2.24, 2.45) is 22.7 Å². The number of rotatable bonds is 0. The monoisotopic (exact) mass is 220 g/mol. The maximum atomic E-state index is 10.3. The summed E-state index contributed by atoms with van der Waals surface area (Å²) in [7, 11) is 0. The van der Waals surface area contributed by atoms with Crippen LogP contribution in [0.25, 0.3) is 0 Å². The highest BCUT2D eigenvalue weighted by atomic mass is 16.3. The molecule has 0 aliphatic heterocycles. The predicted molar refractivity (Wildman–Crippen MR) is 66.0 cm³/mol. The van der Waals surface area contributed by atoms with Crippen molar-refractivity contribution in [3.8, 4) is 0 Å². The Morgan fingerprint density at radius 1 is 1.25 bits per heavy atom. The zero-order valence-corrected chi connectivity index (χ0v) is 11.0. The molecule has 0 saturated heterocycles. The van der Waals surface area contributed by atoms with Gasteiger partial charge in [0.1, 0.15) is 0 Å². The topological polar surface area (TPSA) is 20.2 Å². The molecule has 3 aliphatic carbocycles. The summed E-state index contributed by atoms with van der Waals surface area (Å²) in [5, 5.41) is 10.3. The van der Waals surface area contributed by atoms with Crippen molar-refractivity contribution in [2.75, 3.05) is 0 Å². The molecular weight excluding hydrogens is 196 g/mol. The third kappa shape index (κ3) is 1.16. The minimum absolute atomic E-state index is 0.0481. The SMILES string of the molecule is CC1=C(C)C2C3C[C@@]3(C)[C@H](O)CCC2(C)C1. The standard InChI is InChI=1S/C15H24O/c1-9-7-14(3)6-5-12(16)15(4)8-11(15)13(14)10(9)2/h11-13,16H,5-8H2,1-4H3/t11?,12-,13?,14?,15-/m1/s1.